The number of rotatable bonds is 3. The third-order valence-electron chi connectivity index (χ3n) is 3.79. The zero-order chi connectivity index (χ0) is 14.7. The first-order valence-corrected chi connectivity index (χ1v) is 7.19. The first-order valence-electron chi connectivity index (χ1n) is 7.19. The molecule has 0 spiro atoms. The summed E-state index contributed by atoms with van der Waals surface area (Å²) in [6, 6.07) is 5.58. The van der Waals surface area contributed by atoms with E-state index in [1.807, 2.05) is 6.07 Å². The molecule has 112 valence electrons. The van der Waals surface area contributed by atoms with E-state index in [1.165, 1.54) is 0 Å². The summed E-state index contributed by atoms with van der Waals surface area (Å²) in [6.45, 7) is 0.502. The molecule has 1 aromatic rings. The molecule has 2 aliphatic rings. The molecule has 0 bridgehead atoms. The Balaban J connectivity index is 1.49. The molecule has 1 fully saturated rings. The molecule has 0 radical (unpaired) electrons. The lowest BCUT2D eigenvalue weighted by molar-refractivity contribution is -0.139. The first kappa shape index (κ1) is 13.7. The van der Waals surface area contributed by atoms with Crippen LogP contribution in [0.4, 0.5) is 0 Å². The SMILES string of the molecule is O=C(NCc1ccc2c(c1)OCO2)C(=O)NC1CCCC1. The minimum absolute atomic E-state index is 0.147. The van der Waals surface area contributed by atoms with Crippen LogP contribution >= 0.6 is 0 Å². The van der Waals surface area contributed by atoms with Gasteiger partial charge in [0, 0.05) is 12.6 Å². The van der Waals surface area contributed by atoms with Crippen molar-refractivity contribution in [3.05, 3.63) is 23.8 Å². The van der Waals surface area contributed by atoms with Gasteiger partial charge in [-0.05, 0) is 30.5 Å². The van der Waals surface area contributed by atoms with Crippen LogP contribution in [-0.2, 0) is 16.1 Å². The maximum atomic E-state index is 11.8. The van der Waals surface area contributed by atoms with Crippen LogP contribution in [0, 0.1) is 0 Å². The lowest BCUT2D eigenvalue weighted by Crippen LogP contribution is -2.43. The molecule has 1 aromatic carbocycles. The number of fused-ring (bicyclic) bond motifs is 1. The average molecular weight is 290 g/mol. The van der Waals surface area contributed by atoms with E-state index in [1.54, 1.807) is 12.1 Å². The minimum atomic E-state index is -0.598. The Bertz CT molecular complexity index is 553. The Hall–Kier alpha value is -2.24. The van der Waals surface area contributed by atoms with Crippen molar-refractivity contribution in [2.75, 3.05) is 6.79 Å². The lowest BCUT2D eigenvalue weighted by Gasteiger charge is -2.11. The molecule has 0 saturated heterocycles. The fraction of sp³-hybridized carbons (Fsp3) is 0.467. The number of hydrogen-bond acceptors (Lipinski definition) is 4. The van der Waals surface area contributed by atoms with Gasteiger partial charge in [-0.25, -0.2) is 0 Å². The smallest absolute Gasteiger partial charge is 0.309 e. The summed E-state index contributed by atoms with van der Waals surface area (Å²) in [5.41, 5.74) is 0.862. The molecule has 1 heterocycles. The van der Waals surface area contributed by atoms with Gasteiger partial charge in [-0.3, -0.25) is 9.59 Å². The summed E-state index contributed by atoms with van der Waals surface area (Å²) < 4.78 is 10.5. The van der Waals surface area contributed by atoms with Gasteiger partial charge in [-0.2, -0.15) is 0 Å². The Kier molecular flexibility index (Phi) is 3.94. The van der Waals surface area contributed by atoms with Gasteiger partial charge in [0.25, 0.3) is 0 Å². The normalized spacial score (nSPS) is 16.8. The molecular weight excluding hydrogens is 272 g/mol. The van der Waals surface area contributed by atoms with Crippen LogP contribution in [0.2, 0.25) is 0 Å². The zero-order valence-electron chi connectivity index (χ0n) is 11.7. The van der Waals surface area contributed by atoms with E-state index in [9.17, 15) is 9.59 Å². The highest BCUT2D eigenvalue weighted by Crippen LogP contribution is 2.32. The van der Waals surface area contributed by atoms with Crippen molar-refractivity contribution >= 4 is 11.8 Å². The molecule has 6 heteroatoms. The van der Waals surface area contributed by atoms with E-state index in [0.717, 1.165) is 31.2 Å². The summed E-state index contributed by atoms with van der Waals surface area (Å²) in [7, 11) is 0. The van der Waals surface area contributed by atoms with Crippen LogP contribution < -0.4 is 20.1 Å². The first-order chi connectivity index (χ1) is 10.2. The highest BCUT2D eigenvalue weighted by Gasteiger charge is 2.21. The monoisotopic (exact) mass is 290 g/mol. The van der Waals surface area contributed by atoms with Crippen LogP contribution in [0.25, 0.3) is 0 Å². The van der Waals surface area contributed by atoms with Crippen molar-refractivity contribution in [2.45, 2.75) is 38.3 Å². The Morgan fingerprint density at radius 2 is 1.86 bits per heavy atom. The van der Waals surface area contributed by atoms with Crippen molar-refractivity contribution in [1.82, 2.24) is 10.6 Å². The molecule has 2 amide bonds. The molecule has 3 rings (SSSR count). The fourth-order valence-corrected chi connectivity index (χ4v) is 2.63. The summed E-state index contributed by atoms with van der Waals surface area (Å²) in [6.07, 6.45) is 4.15. The predicted molar refractivity (Wildman–Crippen MR) is 74.8 cm³/mol. The van der Waals surface area contributed by atoms with Crippen molar-refractivity contribution in [1.29, 1.82) is 0 Å². The van der Waals surface area contributed by atoms with E-state index in [4.69, 9.17) is 9.47 Å². The minimum Gasteiger partial charge on any atom is -0.454 e. The van der Waals surface area contributed by atoms with Gasteiger partial charge in [0.1, 0.15) is 0 Å². The number of carbonyl (C=O) groups excluding carboxylic acids is 2. The molecule has 21 heavy (non-hydrogen) atoms. The molecule has 1 saturated carbocycles. The van der Waals surface area contributed by atoms with Gasteiger partial charge in [0.15, 0.2) is 11.5 Å². The van der Waals surface area contributed by atoms with Crippen LogP contribution in [0.3, 0.4) is 0 Å². The molecule has 0 atom stereocenters. The van der Waals surface area contributed by atoms with E-state index >= 15 is 0 Å². The number of hydrogen-bond donors (Lipinski definition) is 2. The number of ether oxygens (including phenoxy) is 2. The zero-order valence-corrected chi connectivity index (χ0v) is 11.7. The molecule has 0 aromatic heterocycles. The van der Waals surface area contributed by atoms with Crippen LogP contribution in [0.15, 0.2) is 18.2 Å². The predicted octanol–water partition coefficient (Wildman–Crippen LogP) is 1.09. The van der Waals surface area contributed by atoms with E-state index in [0.29, 0.717) is 11.5 Å². The molecule has 2 N–H and O–H groups in total. The summed E-state index contributed by atoms with van der Waals surface area (Å²) in [5.74, 6) is 0.211. The topological polar surface area (TPSA) is 76.7 Å². The lowest BCUT2D eigenvalue weighted by atomic mass is 10.2. The number of carbonyl (C=O) groups is 2. The van der Waals surface area contributed by atoms with Gasteiger partial charge >= 0.3 is 11.8 Å². The maximum absolute atomic E-state index is 11.8. The van der Waals surface area contributed by atoms with Gasteiger partial charge < -0.3 is 20.1 Å². The Labute approximate surface area is 122 Å². The van der Waals surface area contributed by atoms with E-state index < -0.39 is 11.8 Å². The highest BCUT2D eigenvalue weighted by molar-refractivity contribution is 6.35. The number of benzene rings is 1. The Morgan fingerprint density at radius 3 is 2.67 bits per heavy atom. The average Bonchev–Trinajstić information content (AvgIpc) is 3.14. The van der Waals surface area contributed by atoms with Gasteiger partial charge in [-0.15, -0.1) is 0 Å². The van der Waals surface area contributed by atoms with Crippen molar-refractivity contribution < 1.29 is 19.1 Å². The van der Waals surface area contributed by atoms with Crippen LogP contribution in [0.1, 0.15) is 31.2 Å². The quantitative estimate of drug-likeness (QED) is 0.817. The van der Waals surface area contributed by atoms with Crippen LogP contribution in [0.5, 0.6) is 11.5 Å². The molecular formula is C15H18N2O4. The number of amides is 2. The molecule has 0 unspecified atom stereocenters. The molecule has 1 aliphatic carbocycles. The summed E-state index contributed by atoms with van der Waals surface area (Å²) in [5, 5.41) is 5.38. The van der Waals surface area contributed by atoms with Crippen molar-refractivity contribution in [3.63, 3.8) is 0 Å². The maximum Gasteiger partial charge on any atom is 0.309 e. The number of nitrogens with one attached hydrogen (secondary N) is 2. The van der Waals surface area contributed by atoms with Gasteiger partial charge in [0.05, 0.1) is 0 Å². The second kappa shape index (κ2) is 6.03. The summed E-state index contributed by atoms with van der Waals surface area (Å²) in [4.78, 5) is 23.5. The Morgan fingerprint density at radius 1 is 1.10 bits per heavy atom. The summed E-state index contributed by atoms with van der Waals surface area (Å²) >= 11 is 0. The van der Waals surface area contributed by atoms with Crippen LogP contribution in [-0.4, -0.2) is 24.6 Å². The second-order valence-electron chi connectivity index (χ2n) is 5.33. The van der Waals surface area contributed by atoms with Gasteiger partial charge in [0.2, 0.25) is 6.79 Å². The molecule has 6 nitrogen and oxygen atoms in total. The highest BCUT2D eigenvalue weighted by atomic mass is 16.7. The molecule has 1 aliphatic heterocycles. The van der Waals surface area contributed by atoms with E-state index in [2.05, 4.69) is 10.6 Å². The third kappa shape index (κ3) is 3.26. The van der Waals surface area contributed by atoms with E-state index in [-0.39, 0.29) is 19.4 Å². The standard InChI is InChI=1S/C15H18N2O4/c18-14(15(19)17-11-3-1-2-4-11)16-8-10-5-6-12-13(7-10)21-9-20-12/h5-7,11H,1-4,8-9H2,(H,16,18)(H,17,19). The van der Waals surface area contributed by atoms with Crippen molar-refractivity contribution in [3.8, 4) is 11.5 Å². The van der Waals surface area contributed by atoms with Gasteiger partial charge in [-0.1, -0.05) is 18.9 Å². The second-order valence-corrected chi connectivity index (χ2v) is 5.33. The fourth-order valence-electron chi connectivity index (χ4n) is 2.63. The van der Waals surface area contributed by atoms with Crippen molar-refractivity contribution in [2.24, 2.45) is 0 Å². The largest absolute Gasteiger partial charge is 0.454 e. The third-order valence-corrected chi connectivity index (χ3v) is 3.79.